The Morgan fingerprint density at radius 2 is 1.38 bits per heavy atom. The minimum atomic E-state index is -5.80. The van der Waals surface area contributed by atoms with Gasteiger partial charge in [-0.15, -0.1) is 0 Å². The quantitative estimate of drug-likeness (QED) is 0.787. The summed E-state index contributed by atoms with van der Waals surface area (Å²) < 4.78 is 62.4. The average Bonchev–Trinajstić information content (AvgIpc) is 2.17. The fourth-order valence-electron chi connectivity index (χ4n) is 1.22. The summed E-state index contributed by atoms with van der Waals surface area (Å²) in [6.45, 7) is 0.440. The van der Waals surface area contributed by atoms with Crippen molar-refractivity contribution >= 4 is 0 Å². The molecule has 0 saturated carbocycles. The molecule has 0 aliphatic carbocycles. The van der Waals surface area contributed by atoms with Gasteiger partial charge in [-0.2, -0.15) is 22.0 Å². The van der Waals surface area contributed by atoms with E-state index in [2.05, 4.69) is 0 Å². The Balaban J connectivity index is 3.22. The van der Waals surface area contributed by atoms with Crippen molar-refractivity contribution in [2.24, 2.45) is 0 Å². The standard InChI is InChI=1S/C10H9F5O/c1-8(16,7-5-3-2-4-6-7)9(11,12)10(13,14)15/h2-6,16H,1H3. The van der Waals surface area contributed by atoms with Crippen LogP contribution in [0.4, 0.5) is 22.0 Å². The van der Waals surface area contributed by atoms with Gasteiger partial charge in [-0.1, -0.05) is 30.3 Å². The summed E-state index contributed by atoms with van der Waals surface area (Å²) >= 11 is 0. The van der Waals surface area contributed by atoms with Crippen LogP contribution in [0, 0.1) is 0 Å². The van der Waals surface area contributed by atoms with Gasteiger partial charge in [0.25, 0.3) is 0 Å². The van der Waals surface area contributed by atoms with Crippen molar-refractivity contribution in [3.05, 3.63) is 35.9 Å². The van der Waals surface area contributed by atoms with Gasteiger partial charge in [-0.3, -0.25) is 0 Å². The van der Waals surface area contributed by atoms with Crippen LogP contribution in [-0.2, 0) is 5.60 Å². The van der Waals surface area contributed by atoms with E-state index in [1.807, 2.05) is 0 Å². The molecule has 1 N–H and O–H groups in total. The van der Waals surface area contributed by atoms with E-state index in [1.165, 1.54) is 18.2 Å². The van der Waals surface area contributed by atoms with Crippen LogP contribution in [0.25, 0.3) is 0 Å². The third-order valence-electron chi connectivity index (χ3n) is 2.30. The van der Waals surface area contributed by atoms with Gasteiger partial charge in [0.1, 0.15) is 0 Å². The lowest BCUT2D eigenvalue weighted by atomic mass is 9.89. The monoisotopic (exact) mass is 240 g/mol. The molecular formula is C10H9F5O. The van der Waals surface area contributed by atoms with Gasteiger partial charge in [0, 0.05) is 0 Å². The second-order valence-corrected chi connectivity index (χ2v) is 3.51. The van der Waals surface area contributed by atoms with Crippen LogP contribution in [0.1, 0.15) is 12.5 Å². The molecule has 0 fully saturated rings. The van der Waals surface area contributed by atoms with Crippen molar-refractivity contribution in [3.8, 4) is 0 Å². The lowest BCUT2D eigenvalue weighted by molar-refractivity contribution is -0.342. The molecule has 0 radical (unpaired) electrons. The second kappa shape index (κ2) is 3.69. The van der Waals surface area contributed by atoms with Gasteiger partial charge in [-0.25, -0.2) is 0 Å². The molecule has 0 aromatic heterocycles. The Labute approximate surface area is 88.5 Å². The van der Waals surface area contributed by atoms with Crippen LogP contribution in [0.5, 0.6) is 0 Å². The third kappa shape index (κ3) is 1.89. The molecule has 1 aromatic carbocycles. The number of hydrogen-bond donors (Lipinski definition) is 1. The first-order valence-corrected chi connectivity index (χ1v) is 4.33. The predicted octanol–water partition coefficient (Wildman–Crippen LogP) is 3.09. The summed E-state index contributed by atoms with van der Waals surface area (Å²) in [4.78, 5) is 0. The Bertz CT molecular complexity index is 355. The van der Waals surface area contributed by atoms with Gasteiger partial charge in [0.2, 0.25) is 0 Å². The van der Waals surface area contributed by atoms with Crippen LogP contribution in [0.2, 0.25) is 0 Å². The van der Waals surface area contributed by atoms with Crippen LogP contribution in [-0.4, -0.2) is 17.2 Å². The maximum absolute atomic E-state index is 13.0. The SMILES string of the molecule is CC(O)(c1ccccc1)C(F)(F)C(F)(F)F. The van der Waals surface area contributed by atoms with E-state index in [4.69, 9.17) is 0 Å². The molecule has 1 atom stereocenters. The molecule has 1 unspecified atom stereocenters. The number of aliphatic hydroxyl groups is 1. The van der Waals surface area contributed by atoms with Crippen molar-refractivity contribution in [3.63, 3.8) is 0 Å². The Hall–Kier alpha value is -1.17. The average molecular weight is 240 g/mol. The van der Waals surface area contributed by atoms with Gasteiger partial charge in [-0.05, 0) is 12.5 Å². The van der Waals surface area contributed by atoms with E-state index < -0.39 is 23.3 Å². The number of benzene rings is 1. The summed E-state index contributed by atoms with van der Waals surface area (Å²) in [5, 5.41) is 9.38. The van der Waals surface area contributed by atoms with Crippen molar-refractivity contribution in [2.75, 3.05) is 0 Å². The Morgan fingerprint density at radius 1 is 0.938 bits per heavy atom. The first-order valence-electron chi connectivity index (χ1n) is 4.33. The van der Waals surface area contributed by atoms with Crippen molar-refractivity contribution in [1.29, 1.82) is 0 Å². The molecule has 16 heavy (non-hydrogen) atoms. The zero-order chi connectivity index (χ0) is 12.6. The normalized spacial score (nSPS) is 16.9. The van der Waals surface area contributed by atoms with Gasteiger partial charge in [0.15, 0.2) is 5.60 Å². The smallest absolute Gasteiger partial charge is 0.379 e. The third-order valence-corrected chi connectivity index (χ3v) is 2.30. The van der Waals surface area contributed by atoms with E-state index >= 15 is 0 Å². The first-order chi connectivity index (χ1) is 7.11. The fourth-order valence-corrected chi connectivity index (χ4v) is 1.22. The Morgan fingerprint density at radius 3 is 1.75 bits per heavy atom. The number of hydrogen-bond acceptors (Lipinski definition) is 1. The summed E-state index contributed by atoms with van der Waals surface area (Å²) in [6, 6.07) is 6.02. The number of alkyl halides is 5. The second-order valence-electron chi connectivity index (χ2n) is 3.51. The van der Waals surface area contributed by atoms with Crippen LogP contribution in [0.3, 0.4) is 0 Å². The molecule has 0 saturated heterocycles. The summed E-state index contributed by atoms with van der Waals surface area (Å²) in [5.41, 5.74) is -3.77. The molecule has 0 heterocycles. The van der Waals surface area contributed by atoms with E-state index in [9.17, 15) is 27.1 Å². The fraction of sp³-hybridized carbons (Fsp3) is 0.400. The highest BCUT2D eigenvalue weighted by Crippen LogP contribution is 2.47. The van der Waals surface area contributed by atoms with E-state index in [1.54, 1.807) is 0 Å². The minimum absolute atomic E-state index is 0.440. The molecule has 1 aromatic rings. The van der Waals surface area contributed by atoms with Gasteiger partial charge in [0.05, 0.1) is 0 Å². The summed E-state index contributed by atoms with van der Waals surface area (Å²) in [6.07, 6.45) is -5.80. The maximum Gasteiger partial charge on any atom is 0.456 e. The molecule has 1 nitrogen and oxygen atoms in total. The zero-order valence-electron chi connectivity index (χ0n) is 8.22. The molecule has 0 aliphatic rings. The van der Waals surface area contributed by atoms with Crippen LogP contribution >= 0.6 is 0 Å². The lowest BCUT2D eigenvalue weighted by Gasteiger charge is -2.34. The van der Waals surface area contributed by atoms with Crippen molar-refractivity contribution < 1.29 is 27.1 Å². The topological polar surface area (TPSA) is 20.2 Å². The highest BCUT2D eigenvalue weighted by atomic mass is 19.4. The van der Waals surface area contributed by atoms with Gasteiger partial charge < -0.3 is 5.11 Å². The lowest BCUT2D eigenvalue weighted by Crippen LogP contribution is -2.53. The van der Waals surface area contributed by atoms with Gasteiger partial charge >= 0.3 is 12.1 Å². The molecular weight excluding hydrogens is 231 g/mol. The molecule has 6 heteroatoms. The van der Waals surface area contributed by atoms with Crippen LogP contribution in [0.15, 0.2) is 30.3 Å². The van der Waals surface area contributed by atoms with Crippen molar-refractivity contribution in [2.45, 2.75) is 24.6 Å². The largest absolute Gasteiger partial charge is 0.456 e. The molecule has 90 valence electrons. The Kier molecular flexibility index (Phi) is 2.98. The van der Waals surface area contributed by atoms with E-state index in [0.29, 0.717) is 6.92 Å². The molecule has 0 bridgehead atoms. The number of halogens is 5. The van der Waals surface area contributed by atoms with Crippen molar-refractivity contribution in [1.82, 2.24) is 0 Å². The van der Waals surface area contributed by atoms with Crippen LogP contribution < -0.4 is 0 Å². The number of rotatable bonds is 2. The summed E-state index contributed by atoms with van der Waals surface area (Å²) in [7, 11) is 0. The maximum atomic E-state index is 13.0. The molecule has 1 rings (SSSR count). The zero-order valence-corrected chi connectivity index (χ0v) is 8.22. The molecule has 0 aliphatic heterocycles. The highest BCUT2D eigenvalue weighted by Gasteiger charge is 2.68. The molecule has 0 spiro atoms. The van der Waals surface area contributed by atoms with E-state index in [0.717, 1.165) is 12.1 Å². The minimum Gasteiger partial charge on any atom is -0.379 e. The first kappa shape index (κ1) is 12.9. The predicted molar refractivity (Wildman–Crippen MR) is 47.0 cm³/mol. The van der Waals surface area contributed by atoms with E-state index in [-0.39, 0.29) is 0 Å². The summed E-state index contributed by atoms with van der Waals surface area (Å²) in [5.74, 6) is -5.21. The highest BCUT2D eigenvalue weighted by molar-refractivity contribution is 5.25. The molecule has 0 amide bonds.